The van der Waals surface area contributed by atoms with Gasteiger partial charge in [0.25, 0.3) is 5.91 Å². The van der Waals surface area contributed by atoms with Gasteiger partial charge in [-0.25, -0.2) is 9.37 Å². The Labute approximate surface area is 190 Å². The molecule has 168 valence electrons. The van der Waals surface area contributed by atoms with E-state index >= 15 is 0 Å². The summed E-state index contributed by atoms with van der Waals surface area (Å²) in [6, 6.07) is 10.6. The fraction of sp³-hybridized carbons (Fsp3) is 0.333. The van der Waals surface area contributed by atoms with E-state index in [-0.39, 0.29) is 11.7 Å². The van der Waals surface area contributed by atoms with Crippen LogP contribution in [0.4, 0.5) is 4.39 Å². The largest absolute Gasteiger partial charge is 0.352 e. The predicted octanol–water partition coefficient (Wildman–Crippen LogP) is 4.28. The van der Waals surface area contributed by atoms with Crippen LogP contribution in [0.3, 0.4) is 0 Å². The van der Waals surface area contributed by atoms with Crippen LogP contribution < -0.4 is 11.1 Å². The number of imidazole rings is 1. The van der Waals surface area contributed by atoms with Gasteiger partial charge in [-0.15, -0.1) is 0 Å². The molecule has 8 heteroatoms. The van der Waals surface area contributed by atoms with Gasteiger partial charge in [0.1, 0.15) is 5.82 Å². The number of nitrogens with zero attached hydrogens (tertiary/aromatic N) is 3. The van der Waals surface area contributed by atoms with E-state index in [1.165, 1.54) is 17.4 Å². The molecule has 0 aliphatic rings. The van der Waals surface area contributed by atoms with Gasteiger partial charge in [0.2, 0.25) is 0 Å². The van der Waals surface area contributed by atoms with Gasteiger partial charge in [0, 0.05) is 30.4 Å². The van der Waals surface area contributed by atoms with Crippen molar-refractivity contribution >= 4 is 32.4 Å². The smallest absolute Gasteiger partial charge is 0.251 e. The number of hydrogen-bond donors (Lipinski definition) is 2. The van der Waals surface area contributed by atoms with Gasteiger partial charge in [0.15, 0.2) is 4.96 Å². The third kappa shape index (κ3) is 4.53. The Morgan fingerprint density at radius 1 is 1.22 bits per heavy atom. The molecule has 32 heavy (non-hydrogen) atoms. The highest BCUT2D eigenvalue weighted by atomic mass is 32.1. The first-order chi connectivity index (χ1) is 15.5. The van der Waals surface area contributed by atoms with Crippen LogP contribution in [0.15, 0.2) is 42.6 Å². The van der Waals surface area contributed by atoms with Crippen molar-refractivity contribution in [3.05, 3.63) is 59.5 Å². The molecular weight excluding hydrogens is 425 g/mol. The Bertz CT molecular complexity index is 1240. The van der Waals surface area contributed by atoms with E-state index in [1.54, 1.807) is 6.07 Å². The van der Waals surface area contributed by atoms with E-state index in [2.05, 4.69) is 29.0 Å². The molecule has 0 aliphatic heterocycles. The highest BCUT2D eigenvalue weighted by Crippen LogP contribution is 2.31. The summed E-state index contributed by atoms with van der Waals surface area (Å²) >= 11 is 1.48. The van der Waals surface area contributed by atoms with Crippen molar-refractivity contribution in [2.45, 2.75) is 26.8 Å². The van der Waals surface area contributed by atoms with Gasteiger partial charge in [-0.3, -0.25) is 9.20 Å². The molecule has 4 aromatic rings. The maximum atomic E-state index is 14.5. The van der Waals surface area contributed by atoms with Crippen LogP contribution in [0.2, 0.25) is 0 Å². The number of hydrogen-bond acceptors (Lipinski definition) is 5. The summed E-state index contributed by atoms with van der Waals surface area (Å²) in [5, 5.41) is 3.01. The van der Waals surface area contributed by atoms with Gasteiger partial charge in [-0.1, -0.05) is 31.3 Å². The topological polar surface area (TPSA) is 75.7 Å². The van der Waals surface area contributed by atoms with E-state index in [4.69, 9.17) is 5.73 Å². The van der Waals surface area contributed by atoms with E-state index in [9.17, 15) is 9.18 Å². The molecule has 0 saturated carbocycles. The third-order valence-corrected chi connectivity index (χ3v) is 6.75. The number of aromatic nitrogens is 2. The minimum Gasteiger partial charge on any atom is -0.352 e. The second-order valence-corrected chi connectivity index (χ2v) is 8.73. The predicted molar refractivity (Wildman–Crippen MR) is 129 cm³/mol. The molecule has 2 aromatic heterocycles. The molecular formula is C24H28FN5OS. The van der Waals surface area contributed by atoms with Crippen molar-refractivity contribution < 1.29 is 9.18 Å². The lowest BCUT2D eigenvalue weighted by atomic mass is 10.1. The molecule has 3 N–H and O–H groups in total. The number of amides is 1. The molecule has 0 saturated heterocycles. The number of fused-ring (bicyclic) bond motifs is 3. The fourth-order valence-corrected chi connectivity index (χ4v) is 4.86. The number of nitrogens with two attached hydrogens (primary N) is 1. The number of nitrogens with one attached hydrogen (secondary N) is 1. The number of halogens is 1. The first kappa shape index (κ1) is 22.4. The molecule has 0 radical (unpaired) electrons. The highest BCUT2D eigenvalue weighted by Gasteiger charge is 2.15. The van der Waals surface area contributed by atoms with E-state index < -0.39 is 0 Å². The second kappa shape index (κ2) is 9.77. The Morgan fingerprint density at radius 3 is 2.75 bits per heavy atom. The van der Waals surface area contributed by atoms with Crippen molar-refractivity contribution in [1.82, 2.24) is 19.6 Å². The zero-order valence-corrected chi connectivity index (χ0v) is 19.2. The summed E-state index contributed by atoms with van der Waals surface area (Å²) < 4.78 is 17.4. The molecule has 2 heterocycles. The highest BCUT2D eigenvalue weighted by molar-refractivity contribution is 7.23. The Kier molecular flexibility index (Phi) is 6.83. The average Bonchev–Trinajstić information content (AvgIpc) is 3.36. The number of carbonyl (C=O) groups excluding carboxylic acids is 1. The molecule has 1 amide bonds. The molecule has 0 unspecified atom stereocenters. The summed E-state index contributed by atoms with van der Waals surface area (Å²) in [7, 11) is 0. The number of carbonyl (C=O) groups is 1. The van der Waals surface area contributed by atoms with Crippen molar-refractivity contribution in [2.75, 3.05) is 26.2 Å². The zero-order valence-electron chi connectivity index (χ0n) is 18.4. The first-order valence-corrected chi connectivity index (χ1v) is 11.8. The van der Waals surface area contributed by atoms with Crippen molar-refractivity contribution in [3.63, 3.8) is 0 Å². The summed E-state index contributed by atoms with van der Waals surface area (Å²) in [5.41, 5.74) is 8.94. The number of benzene rings is 2. The molecule has 4 rings (SSSR count). The lowest BCUT2D eigenvalue weighted by molar-refractivity contribution is 0.0952. The monoisotopic (exact) mass is 453 g/mol. The second-order valence-electron chi connectivity index (χ2n) is 7.72. The minimum atomic E-state index is -0.331. The Balaban J connectivity index is 1.50. The van der Waals surface area contributed by atoms with Crippen LogP contribution in [-0.4, -0.2) is 46.4 Å². The first-order valence-electron chi connectivity index (χ1n) is 10.9. The lowest BCUT2D eigenvalue weighted by Crippen LogP contribution is -2.29. The lowest BCUT2D eigenvalue weighted by Gasteiger charge is -2.17. The van der Waals surface area contributed by atoms with E-state index in [1.807, 2.05) is 34.9 Å². The molecule has 0 fully saturated rings. The van der Waals surface area contributed by atoms with Crippen LogP contribution in [0, 0.1) is 5.82 Å². The SMILES string of the molecule is CCN(CC)CCCNC(=O)c1ccc2c(c1)sc1nc(-c3ccc(CN)cc3F)cn12. The Morgan fingerprint density at radius 2 is 2.03 bits per heavy atom. The van der Waals surface area contributed by atoms with Gasteiger partial charge in [0.05, 0.1) is 15.9 Å². The minimum absolute atomic E-state index is 0.0692. The third-order valence-electron chi connectivity index (χ3n) is 5.73. The summed E-state index contributed by atoms with van der Waals surface area (Å²) in [5.74, 6) is -0.400. The molecule has 0 atom stereocenters. The summed E-state index contributed by atoms with van der Waals surface area (Å²) in [6.45, 7) is 8.26. The maximum absolute atomic E-state index is 14.5. The average molecular weight is 454 g/mol. The standard InChI is InChI=1S/C24H28FN5OS/c1-3-29(4-2)11-5-10-27-23(31)17-7-9-21-22(13-17)32-24-28-20(15-30(21)24)18-8-6-16(14-26)12-19(18)25/h6-9,12-13,15H,3-5,10-11,14,26H2,1-2H3,(H,27,31). The molecule has 2 aromatic carbocycles. The molecule has 6 nitrogen and oxygen atoms in total. The molecule has 0 spiro atoms. The van der Waals surface area contributed by atoms with E-state index in [0.717, 1.165) is 46.8 Å². The Hall–Kier alpha value is -2.81. The van der Waals surface area contributed by atoms with Gasteiger partial charge >= 0.3 is 0 Å². The summed E-state index contributed by atoms with van der Waals surface area (Å²) in [4.78, 5) is 20.3. The van der Waals surface area contributed by atoms with Crippen LogP contribution >= 0.6 is 11.3 Å². The van der Waals surface area contributed by atoms with Crippen molar-refractivity contribution in [1.29, 1.82) is 0 Å². The van der Waals surface area contributed by atoms with Crippen LogP contribution in [-0.2, 0) is 6.54 Å². The zero-order chi connectivity index (χ0) is 22.7. The van der Waals surface area contributed by atoms with Crippen molar-refractivity contribution in [2.24, 2.45) is 5.73 Å². The van der Waals surface area contributed by atoms with Crippen LogP contribution in [0.25, 0.3) is 26.4 Å². The molecule has 0 bridgehead atoms. The molecule has 0 aliphatic carbocycles. The fourth-order valence-electron chi connectivity index (χ4n) is 3.81. The van der Waals surface area contributed by atoms with Crippen LogP contribution in [0.5, 0.6) is 0 Å². The number of rotatable bonds is 9. The van der Waals surface area contributed by atoms with Gasteiger partial charge < -0.3 is 16.0 Å². The normalized spacial score (nSPS) is 11.7. The quantitative estimate of drug-likeness (QED) is 0.371. The van der Waals surface area contributed by atoms with Crippen LogP contribution in [0.1, 0.15) is 36.2 Å². The maximum Gasteiger partial charge on any atom is 0.251 e. The number of thiazole rings is 1. The van der Waals surface area contributed by atoms with Gasteiger partial charge in [-0.05, 0) is 62.0 Å². The van der Waals surface area contributed by atoms with Crippen molar-refractivity contribution in [3.8, 4) is 11.3 Å². The van der Waals surface area contributed by atoms with Gasteiger partial charge in [-0.2, -0.15) is 0 Å². The summed E-state index contributed by atoms with van der Waals surface area (Å²) in [6.07, 6.45) is 2.76. The van der Waals surface area contributed by atoms with E-state index in [0.29, 0.717) is 29.9 Å².